The summed E-state index contributed by atoms with van der Waals surface area (Å²) in [7, 11) is 0. The summed E-state index contributed by atoms with van der Waals surface area (Å²) < 4.78 is 4.86. The Labute approximate surface area is 82.9 Å². The van der Waals surface area contributed by atoms with Crippen molar-refractivity contribution < 1.29 is 9.32 Å². The highest BCUT2D eigenvalue weighted by Crippen LogP contribution is 2.13. The van der Waals surface area contributed by atoms with Gasteiger partial charge in [-0.15, -0.1) is 0 Å². The average Bonchev–Trinajstić information content (AvgIpc) is 2.56. The monoisotopic (exact) mass is 194 g/mol. The van der Waals surface area contributed by atoms with Gasteiger partial charge in [0.1, 0.15) is 12.0 Å². The van der Waals surface area contributed by atoms with E-state index < -0.39 is 0 Å². The summed E-state index contributed by atoms with van der Waals surface area (Å²) in [4.78, 5) is 13.3. The van der Waals surface area contributed by atoms with E-state index in [1.165, 1.54) is 0 Å². The van der Waals surface area contributed by atoms with E-state index in [4.69, 9.17) is 4.52 Å². The lowest BCUT2D eigenvalue weighted by Crippen LogP contribution is -2.33. The normalized spacial score (nSPS) is 18.8. The second-order valence-corrected chi connectivity index (χ2v) is 3.74. The fourth-order valence-electron chi connectivity index (χ4n) is 1.67. The molecule has 0 aromatic carbocycles. The molecule has 0 N–H and O–H groups in total. The van der Waals surface area contributed by atoms with Gasteiger partial charge in [-0.1, -0.05) is 5.16 Å². The Morgan fingerprint density at radius 2 is 2.21 bits per heavy atom. The molecule has 1 aromatic rings. The van der Waals surface area contributed by atoms with Gasteiger partial charge in [0, 0.05) is 38.0 Å². The van der Waals surface area contributed by atoms with Crippen LogP contribution in [0.4, 0.5) is 0 Å². The third kappa shape index (κ3) is 2.01. The molecule has 0 amide bonds. The number of Topliss-reactive ketones (excluding diaryl/α,β-unsaturated/α-hetero) is 1. The van der Waals surface area contributed by atoms with Crippen LogP contribution in [0.1, 0.15) is 24.1 Å². The van der Waals surface area contributed by atoms with Crippen LogP contribution >= 0.6 is 0 Å². The summed E-state index contributed by atoms with van der Waals surface area (Å²) >= 11 is 0. The molecule has 0 saturated carbocycles. The van der Waals surface area contributed by atoms with E-state index in [1.54, 1.807) is 6.26 Å². The maximum absolute atomic E-state index is 11.0. The molecule has 2 rings (SSSR count). The van der Waals surface area contributed by atoms with Crippen molar-refractivity contribution in [1.82, 2.24) is 10.1 Å². The summed E-state index contributed by atoms with van der Waals surface area (Å²) in [6.07, 6.45) is 3.06. The van der Waals surface area contributed by atoms with Gasteiger partial charge in [0.05, 0.1) is 5.69 Å². The minimum Gasteiger partial charge on any atom is -0.364 e. The fraction of sp³-hybridized carbons (Fsp3) is 0.600. The van der Waals surface area contributed by atoms with E-state index in [0.717, 1.165) is 30.9 Å². The molecule has 1 aromatic heterocycles. The summed E-state index contributed by atoms with van der Waals surface area (Å²) in [5.74, 6) is 0.378. The number of aromatic nitrogens is 1. The smallest absolute Gasteiger partial charge is 0.135 e. The van der Waals surface area contributed by atoms with Crippen LogP contribution in [0, 0.1) is 6.92 Å². The molecular weight excluding hydrogens is 180 g/mol. The van der Waals surface area contributed by atoms with Crippen molar-refractivity contribution in [3.63, 3.8) is 0 Å². The van der Waals surface area contributed by atoms with Gasteiger partial charge in [0.25, 0.3) is 0 Å². The van der Waals surface area contributed by atoms with Crippen LogP contribution < -0.4 is 0 Å². The lowest BCUT2D eigenvalue weighted by molar-refractivity contribution is -0.121. The van der Waals surface area contributed by atoms with Gasteiger partial charge in [-0.2, -0.15) is 0 Å². The van der Waals surface area contributed by atoms with Gasteiger partial charge < -0.3 is 4.52 Å². The predicted molar refractivity (Wildman–Crippen MR) is 50.8 cm³/mol. The van der Waals surface area contributed by atoms with Gasteiger partial charge in [0.2, 0.25) is 0 Å². The van der Waals surface area contributed by atoms with Gasteiger partial charge >= 0.3 is 0 Å². The Bertz CT molecular complexity index is 323. The van der Waals surface area contributed by atoms with E-state index in [9.17, 15) is 4.79 Å². The quantitative estimate of drug-likeness (QED) is 0.708. The van der Waals surface area contributed by atoms with Crippen molar-refractivity contribution in [2.24, 2.45) is 0 Å². The number of carbonyl (C=O) groups excluding carboxylic acids is 1. The standard InChI is InChI=1S/C10H14N2O2/c1-8-9(7-14-11-8)6-12-4-2-10(13)3-5-12/h7H,2-6H2,1H3. The number of aryl methyl sites for hydroxylation is 1. The van der Waals surface area contributed by atoms with Crippen molar-refractivity contribution in [1.29, 1.82) is 0 Å². The third-order valence-electron chi connectivity index (χ3n) is 2.66. The molecule has 4 heteroatoms. The Morgan fingerprint density at radius 1 is 1.50 bits per heavy atom. The lowest BCUT2D eigenvalue weighted by Gasteiger charge is -2.25. The first-order valence-electron chi connectivity index (χ1n) is 4.89. The number of piperidine rings is 1. The minimum atomic E-state index is 0.378. The van der Waals surface area contributed by atoms with Crippen LogP contribution in [0.3, 0.4) is 0 Å². The molecule has 0 aliphatic carbocycles. The zero-order valence-electron chi connectivity index (χ0n) is 8.32. The molecule has 0 atom stereocenters. The Balaban J connectivity index is 1.92. The maximum atomic E-state index is 11.0. The summed E-state index contributed by atoms with van der Waals surface area (Å²) in [6, 6.07) is 0. The molecule has 1 aliphatic heterocycles. The Hall–Kier alpha value is -1.16. The molecule has 0 unspecified atom stereocenters. The first-order chi connectivity index (χ1) is 6.75. The van der Waals surface area contributed by atoms with Crippen LogP contribution in [-0.4, -0.2) is 28.9 Å². The topological polar surface area (TPSA) is 46.3 Å². The maximum Gasteiger partial charge on any atom is 0.135 e. The number of likely N-dealkylation sites (tertiary alicyclic amines) is 1. The van der Waals surface area contributed by atoms with Crippen molar-refractivity contribution in [3.8, 4) is 0 Å². The zero-order chi connectivity index (χ0) is 9.97. The fourth-order valence-corrected chi connectivity index (χ4v) is 1.67. The average molecular weight is 194 g/mol. The molecule has 1 aliphatic rings. The van der Waals surface area contributed by atoms with Crippen molar-refractivity contribution >= 4 is 5.78 Å². The molecule has 0 radical (unpaired) electrons. The highest BCUT2D eigenvalue weighted by Gasteiger charge is 2.17. The highest BCUT2D eigenvalue weighted by atomic mass is 16.5. The zero-order valence-corrected chi connectivity index (χ0v) is 8.32. The Morgan fingerprint density at radius 3 is 2.79 bits per heavy atom. The molecular formula is C10H14N2O2. The van der Waals surface area contributed by atoms with Crippen LogP contribution in [0.15, 0.2) is 10.8 Å². The van der Waals surface area contributed by atoms with Crippen LogP contribution in [0.2, 0.25) is 0 Å². The van der Waals surface area contributed by atoms with Gasteiger partial charge in [-0.05, 0) is 6.92 Å². The van der Waals surface area contributed by atoms with E-state index >= 15 is 0 Å². The molecule has 2 heterocycles. The third-order valence-corrected chi connectivity index (χ3v) is 2.66. The van der Waals surface area contributed by atoms with Crippen molar-refractivity contribution in [2.75, 3.05) is 13.1 Å². The molecule has 14 heavy (non-hydrogen) atoms. The molecule has 4 nitrogen and oxygen atoms in total. The SMILES string of the molecule is Cc1nocc1CN1CCC(=O)CC1. The van der Waals surface area contributed by atoms with Crippen LogP contribution in [0.5, 0.6) is 0 Å². The van der Waals surface area contributed by atoms with Crippen LogP contribution in [-0.2, 0) is 11.3 Å². The lowest BCUT2D eigenvalue weighted by atomic mass is 10.1. The predicted octanol–water partition coefficient (Wildman–Crippen LogP) is 1.15. The second kappa shape index (κ2) is 3.92. The number of ketones is 1. The number of hydrogen-bond donors (Lipinski definition) is 0. The first-order valence-corrected chi connectivity index (χ1v) is 4.89. The van der Waals surface area contributed by atoms with Gasteiger partial charge in [-0.25, -0.2) is 0 Å². The van der Waals surface area contributed by atoms with Crippen molar-refractivity contribution in [3.05, 3.63) is 17.5 Å². The van der Waals surface area contributed by atoms with Gasteiger partial charge in [0.15, 0.2) is 0 Å². The molecule has 1 saturated heterocycles. The second-order valence-electron chi connectivity index (χ2n) is 3.74. The van der Waals surface area contributed by atoms with E-state index in [1.807, 2.05) is 6.92 Å². The number of rotatable bonds is 2. The Kier molecular flexibility index (Phi) is 2.63. The van der Waals surface area contributed by atoms with Gasteiger partial charge in [-0.3, -0.25) is 9.69 Å². The number of hydrogen-bond acceptors (Lipinski definition) is 4. The summed E-state index contributed by atoms with van der Waals surface area (Å²) in [5.41, 5.74) is 2.07. The van der Waals surface area contributed by atoms with Crippen molar-refractivity contribution in [2.45, 2.75) is 26.3 Å². The van der Waals surface area contributed by atoms with E-state index in [-0.39, 0.29) is 0 Å². The minimum absolute atomic E-state index is 0.378. The largest absolute Gasteiger partial charge is 0.364 e. The van der Waals surface area contributed by atoms with E-state index in [2.05, 4.69) is 10.1 Å². The summed E-state index contributed by atoms with van der Waals surface area (Å²) in [5, 5.41) is 3.83. The molecule has 0 bridgehead atoms. The van der Waals surface area contributed by atoms with Crippen LogP contribution in [0.25, 0.3) is 0 Å². The molecule has 76 valence electrons. The highest BCUT2D eigenvalue weighted by molar-refractivity contribution is 5.79. The summed E-state index contributed by atoms with van der Waals surface area (Å²) in [6.45, 7) is 4.52. The van der Waals surface area contributed by atoms with E-state index in [0.29, 0.717) is 18.6 Å². The number of nitrogens with zero attached hydrogens (tertiary/aromatic N) is 2. The molecule has 0 spiro atoms. The first kappa shape index (κ1) is 9.40. The number of carbonyl (C=O) groups is 1. The molecule has 1 fully saturated rings.